The minimum atomic E-state index is -3.54. The van der Waals surface area contributed by atoms with E-state index in [1.807, 2.05) is 13.0 Å². The van der Waals surface area contributed by atoms with Crippen molar-refractivity contribution < 1.29 is 12.8 Å². The molecule has 19 heavy (non-hydrogen) atoms. The first kappa shape index (κ1) is 13.8. The summed E-state index contributed by atoms with van der Waals surface area (Å²) in [7, 11) is -3.54. The molecule has 0 radical (unpaired) electrons. The Hall–Kier alpha value is -1.59. The molecule has 0 saturated heterocycles. The third-order valence-corrected chi connectivity index (χ3v) is 4.62. The van der Waals surface area contributed by atoms with Gasteiger partial charge in [-0.1, -0.05) is 17.7 Å². The van der Waals surface area contributed by atoms with Crippen LogP contribution in [0.5, 0.6) is 0 Å². The van der Waals surface area contributed by atoms with Gasteiger partial charge in [-0.25, -0.2) is 13.1 Å². The molecule has 0 aliphatic carbocycles. The van der Waals surface area contributed by atoms with E-state index >= 15 is 0 Å². The Morgan fingerprint density at radius 1 is 1.21 bits per heavy atom. The molecule has 0 spiro atoms. The molecule has 2 rings (SSSR count). The second-order valence-electron chi connectivity index (χ2n) is 4.63. The summed E-state index contributed by atoms with van der Waals surface area (Å²) in [6, 6.07) is 8.35. The lowest BCUT2D eigenvalue weighted by atomic mass is 10.2. The number of sulfonamides is 1. The largest absolute Gasteiger partial charge is 0.468 e. The summed E-state index contributed by atoms with van der Waals surface area (Å²) in [4.78, 5) is 0.302. The predicted molar refractivity (Wildman–Crippen MR) is 73.4 cm³/mol. The van der Waals surface area contributed by atoms with Gasteiger partial charge in [0.2, 0.25) is 10.0 Å². The van der Waals surface area contributed by atoms with E-state index in [0.29, 0.717) is 10.7 Å². The molecule has 1 aromatic heterocycles. The lowest BCUT2D eigenvalue weighted by molar-refractivity contribution is 0.459. The minimum Gasteiger partial charge on any atom is -0.468 e. The van der Waals surface area contributed by atoms with E-state index < -0.39 is 16.1 Å². The highest BCUT2D eigenvalue weighted by atomic mass is 32.2. The van der Waals surface area contributed by atoms with Gasteiger partial charge in [0.1, 0.15) is 5.76 Å². The number of nitrogens with one attached hydrogen (secondary N) is 1. The lowest BCUT2D eigenvalue weighted by Crippen LogP contribution is -2.27. The van der Waals surface area contributed by atoms with E-state index in [-0.39, 0.29) is 0 Å². The fraction of sp³-hybridized carbons (Fsp3) is 0.286. The van der Waals surface area contributed by atoms with Crippen molar-refractivity contribution in [3.05, 3.63) is 53.5 Å². The van der Waals surface area contributed by atoms with Crippen LogP contribution in [0.3, 0.4) is 0 Å². The van der Waals surface area contributed by atoms with Gasteiger partial charge >= 0.3 is 0 Å². The van der Waals surface area contributed by atoms with Crippen LogP contribution in [0.2, 0.25) is 0 Å². The van der Waals surface area contributed by atoms with Gasteiger partial charge < -0.3 is 4.42 Å². The Balaban J connectivity index is 2.28. The average molecular weight is 279 g/mol. The highest BCUT2D eigenvalue weighted by molar-refractivity contribution is 7.89. The second-order valence-corrected chi connectivity index (χ2v) is 6.31. The molecule has 0 fully saturated rings. The maximum Gasteiger partial charge on any atom is 0.241 e. The molecular weight excluding hydrogens is 262 g/mol. The summed E-state index contributed by atoms with van der Waals surface area (Å²) in [6.07, 6.45) is 1.53. The van der Waals surface area contributed by atoms with Crippen molar-refractivity contribution in [1.82, 2.24) is 4.72 Å². The fourth-order valence-electron chi connectivity index (χ4n) is 1.99. The van der Waals surface area contributed by atoms with Gasteiger partial charge in [-0.3, -0.25) is 0 Å². The second kappa shape index (κ2) is 5.19. The molecule has 0 aliphatic heterocycles. The van der Waals surface area contributed by atoms with Crippen LogP contribution in [0.15, 0.2) is 45.9 Å². The number of hydrogen-bond acceptors (Lipinski definition) is 3. The molecule has 0 bridgehead atoms. The standard InChI is InChI=1S/C14H17NO3S/c1-10-6-7-14(11(2)9-10)19(16,17)15-12(3)13-5-4-8-18-13/h4-9,12,15H,1-3H3/t12-/m0/s1. The summed E-state index contributed by atoms with van der Waals surface area (Å²) < 4.78 is 32.4. The Labute approximate surface area is 113 Å². The maximum atomic E-state index is 12.3. The number of hydrogen-bond donors (Lipinski definition) is 1. The first-order valence-corrected chi connectivity index (χ1v) is 7.51. The Morgan fingerprint density at radius 3 is 2.53 bits per heavy atom. The highest BCUT2D eigenvalue weighted by Gasteiger charge is 2.21. The van der Waals surface area contributed by atoms with Crippen molar-refractivity contribution in [2.45, 2.75) is 31.7 Å². The average Bonchev–Trinajstić information content (AvgIpc) is 2.80. The topological polar surface area (TPSA) is 59.3 Å². The summed E-state index contributed by atoms with van der Waals surface area (Å²) in [5, 5.41) is 0. The lowest BCUT2D eigenvalue weighted by Gasteiger charge is -2.14. The zero-order chi connectivity index (χ0) is 14.0. The van der Waals surface area contributed by atoms with E-state index in [0.717, 1.165) is 11.1 Å². The zero-order valence-corrected chi connectivity index (χ0v) is 12.0. The van der Waals surface area contributed by atoms with Crippen molar-refractivity contribution in [2.24, 2.45) is 0 Å². The predicted octanol–water partition coefficient (Wildman–Crippen LogP) is 2.94. The van der Waals surface area contributed by atoms with Crippen molar-refractivity contribution in [1.29, 1.82) is 0 Å². The van der Waals surface area contributed by atoms with Crippen LogP contribution in [0.25, 0.3) is 0 Å². The van der Waals surface area contributed by atoms with E-state index in [2.05, 4.69) is 4.72 Å². The van der Waals surface area contributed by atoms with Crippen LogP contribution < -0.4 is 4.72 Å². The van der Waals surface area contributed by atoms with Gasteiger partial charge in [-0.2, -0.15) is 0 Å². The Morgan fingerprint density at radius 2 is 1.95 bits per heavy atom. The smallest absolute Gasteiger partial charge is 0.241 e. The number of furan rings is 1. The zero-order valence-electron chi connectivity index (χ0n) is 11.2. The molecule has 0 aliphatic rings. The molecule has 102 valence electrons. The molecule has 2 aromatic rings. The number of rotatable bonds is 4. The summed E-state index contributed by atoms with van der Waals surface area (Å²) in [6.45, 7) is 5.47. The minimum absolute atomic E-state index is 0.302. The third kappa shape index (κ3) is 3.05. The molecule has 0 unspecified atom stereocenters. The van der Waals surface area contributed by atoms with Crippen molar-refractivity contribution in [2.75, 3.05) is 0 Å². The summed E-state index contributed by atoms with van der Waals surface area (Å²) >= 11 is 0. The summed E-state index contributed by atoms with van der Waals surface area (Å²) in [5.41, 5.74) is 1.77. The number of aryl methyl sites for hydroxylation is 2. The molecule has 1 aromatic carbocycles. The first-order chi connectivity index (χ1) is 8.90. The van der Waals surface area contributed by atoms with Gasteiger partial charge in [-0.05, 0) is 44.5 Å². The maximum absolute atomic E-state index is 12.3. The van der Waals surface area contributed by atoms with Gasteiger partial charge in [0.05, 0.1) is 17.2 Å². The molecular formula is C14H17NO3S. The van der Waals surface area contributed by atoms with Gasteiger partial charge in [-0.15, -0.1) is 0 Å². The molecule has 1 N–H and O–H groups in total. The molecule has 0 saturated carbocycles. The van der Waals surface area contributed by atoms with Gasteiger partial charge in [0.15, 0.2) is 0 Å². The van der Waals surface area contributed by atoms with Crippen molar-refractivity contribution in [3.63, 3.8) is 0 Å². The van der Waals surface area contributed by atoms with Crippen LogP contribution >= 0.6 is 0 Å². The molecule has 0 amide bonds. The van der Waals surface area contributed by atoms with E-state index in [4.69, 9.17) is 4.42 Å². The first-order valence-electron chi connectivity index (χ1n) is 6.03. The SMILES string of the molecule is Cc1ccc(S(=O)(=O)N[C@@H](C)c2ccco2)c(C)c1. The van der Waals surface area contributed by atoms with Gasteiger partial charge in [0.25, 0.3) is 0 Å². The van der Waals surface area contributed by atoms with Crippen molar-refractivity contribution in [3.8, 4) is 0 Å². The van der Waals surface area contributed by atoms with Crippen LogP contribution in [-0.2, 0) is 10.0 Å². The van der Waals surface area contributed by atoms with Crippen molar-refractivity contribution >= 4 is 10.0 Å². The normalized spacial score (nSPS) is 13.4. The highest BCUT2D eigenvalue weighted by Crippen LogP contribution is 2.20. The molecule has 4 nitrogen and oxygen atoms in total. The molecule has 1 heterocycles. The Kier molecular flexibility index (Phi) is 3.78. The van der Waals surface area contributed by atoms with Gasteiger partial charge in [0, 0.05) is 0 Å². The van der Waals surface area contributed by atoms with E-state index in [1.165, 1.54) is 6.26 Å². The fourth-order valence-corrected chi connectivity index (χ4v) is 3.43. The van der Waals surface area contributed by atoms with Crippen LogP contribution in [0, 0.1) is 13.8 Å². The Bertz CT molecular complexity index is 660. The summed E-state index contributed by atoms with van der Waals surface area (Å²) in [5.74, 6) is 0.591. The van der Waals surface area contributed by atoms with E-state index in [1.54, 1.807) is 38.1 Å². The quantitative estimate of drug-likeness (QED) is 0.936. The van der Waals surface area contributed by atoms with Crippen LogP contribution in [0.4, 0.5) is 0 Å². The van der Waals surface area contributed by atoms with Crippen LogP contribution in [-0.4, -0.2) is 8.42 Å². The van der Waals surface area contributed by atoms with E-state index in [9.17, 15) is 8.42 Å². The molecule has 1 atom stereocenters. The molecule has 5 heteroatoms. The number of benzene rings is 1. The third-order valence-electron chi connectivity index (χ3n) is 2.92. The van der Waals surface area contributed by atoms with Crippen LogP contribution in [0.1, 0.15) is 29.9 Å². The monoisotopic (exact) mass is 279 g/mol.